The van der Waals surface area contributed by atoms with Gasteiger partial charge in [0.1, 0.15) is 6.04 Å². The number of halogens is 1. The summed E-state index contributed by atoms with van der Waals surface area (Å²) in [5.74, 6) is 1.52. The Morgan fingerprint density at radius 2 is 1.74 bits per heavy atom. The molecule has 1 aromatic carbocycles. The Morgan fingerprint density at radius 3 is 2.35 bits per heavy atom. The number of hydrogen-bond donors (Lipinski definition) is 1. The van der Waals surface area contributed by atoms with Crippen LogP contribution in [0.3, 0.4) is 0 Å². The van der Waals surface area contributed by atoms with Crippen LogP contribution >= 0.6 is 11.6 Å². The van der Waals surface area contributed by atoms with E-state index in [1.165, 1.54) is 32.4 Å². The molecule has 0 spiro atoms. The van der Waals surface area contributed by atoms with Gasteiger partial charge in [-0.1, -0.05) is 11.6 Å². The molecule has 0 aromatic heterocycles. The quantitative estimate of drug-likeness (QED) is 0.703. The summed E-state index contributed by atoms with van der Waals surface area (Å²) >= 11 is 6.26. The summed E-state index contributed by atoms with van der Waals surface area (Å²) in [7, 11) is 1.31. The van der Waals surface area contributed by atoms with E-state index >= 15 is 0 Å². The first-order chi connectivity index (χ1) is 14.9. The first kappa shape index (κ1) is 20.8. The molecule has 4 aliphatic carbocycles. The van der Waals surface area contributed by atoms with Crippen molar-refractivity contribution in [1.29, 1.82) is 0 Å². The fraction of sp³-hybridized carbons (Fsp3) is 0.625. The predicted molar refractivity (Wildman–Crippen MR) is 117 cm³/mol. The molecule has 1 aliphatic heterocycles. The Morgan fingerprint density at radius 1 is 1.10 bits per heavy atom. The highest BCUT2D eigenvalue weighted by Crippen LogP contribution is 2.60. The zero-order valence-electron chi connectivity index (χ0n) is 17.9. The molecule has 2 amide bonds. The maximum Gasteiger partial charge on any atom is 0.337 e. The standard InChI is InChI=1S/C24H29ClN2O4/c1-31-22(29)17-4-5-18(25)19(10-17)26-21(28)20-3-2-6-27(20)23(30)24-11-14-7-15(12-24)9-16(8-14)13-24/h4-5,10,14-16,20H,2-3,6-9,11-13H2,1H3,(H,26,28). The molecule has 1 atom stereocenters. The number of esters is 1. The maximum absolute atomic E-state index is 13.8. The van der Waals surface area contributed by atoms with E-state index in [0.717, 1.165) is 25.7 Å². The zero-order valence-corrected chi connectivity index (χ0v) is 18.6. The Bertz CT molecular complexity index is 895. The monoisotopic (exact) mass is 444 g/mol. The lowest BCUT2D eigenvalue weighted by molar-refractivity contribution is -0.160. The van der Waals surface area contributed by atoms with E-state index in [1.54, 1.807) is 12.1 Å². The van der Waals surface area contributed by atoms with Crippen molar-refractivity contribution in [2.75, 3.05) is 19.0 Å². The smallest absolute Gasteiger partial charge is 0.337 e. The number of benzene rings is 1. The van der Waals surface area contributed by atoms with Crippen LogP contribution < -0.4 is 5.32 Å². The van der Waals surface area contributed by atoms with Crippen molar-refractivity contribution in [3.05, 3.63) is 28.8 Å². The van der Waals surface area contributed by atoms with Crippen molar-refractivity contribution in [2.45, 2.75) is 57.4 Å². The molecule has 31 heavy (non-hydrogen) atoms. The van der Waals surface area contributed by atoms with Crippen molar-refractivity contribution in [3.63, 3.8) is 0 Å². The first-order valence-corrected chi connectivity index (χ1v) is 11.8. The molecular formula is C24H29ClN2O4. The van der Waals surface area contributed by atoms with Gasteiger partial charge in [-0.15, -0.1) is 0 Å². The number of nitrogens with one attached hydrogen (secondary N) is 1. The Kier molecular flexibility index (Phi) is 5.24. The number of carbonyl (C=O) groups is 3. The van der Waals surface area contributed by atoms with Crippen LogP contribution in [0.4, 0.5) is 5.69 Å². The summed E-state index contributed by atoms with van der Waals surface area (Å²) in [4.78, 5) is 40.6. The van der Waals surface area contributed by atoms with Crippen LogP contribution in [0, 0.1) is 23.2 Å². The maximum atomic E-state index is 13.8. The number of amides is 2. The first-order valence-electron chi connectivity index (χ1n) is 11.4. The van der Waals surface area contributed by atoms with E-state index in [2.05, 4.69) is 5.32 Å². The third-order valence-corrected chi connectivity index (χ3v) is 8.28. The molecule has 6 nitrogen and oxygen atoms in total. The molecule has 5 aliphatic rings. The van der Waals surface area contributed by atoms with Gasteiger partial charge in [-0.2, -0.15) is 0 Å². The summed E-state index contributed by atoms with van der Waals surface area (Å²) in [5.41, 5.74) is 0.430. The van der Waals surface area contributed by atoms with Crippen molar-refractivity contribution < 1.29 is 19.1 Å². The number of methoxy groups -OCH3 is 1. The minimum Gasteiger partial charge on any atom is -0.465 e. The van der Waals surface area contributed by atoms with Gasteiger partial charge < -0.3 is 15.0 Å². The number of likely N-dealkylation sites (tertiary alicyclic amines) is 1. The average molecular weight is 445 g/mol. The lowest BCUT2D eigenvalue weighted by Gasteiger charge is -2.56. The molecule has 6 rings (SSSR count). The minimum absolute atomic E-state index is 0.193. The third-order valence-electron chi connectivity index (χ3n) is 7.95. The lowest BCUT2D eigenvalue weighted by atomic mass is 9.49. The Labute approximate surface area is 187 Å². The molecule has 1 N–H and O–H groups in total. The van der Waals surface area contributed by atoms with Crippen LogP contribution in [0.5, 0.6) is 0 Å². The van der Waals surface area contributed by atoms with E-state index < -0.39 is 12.0 Å². The molecule has 5 fully saturated rings. The van der Waals surface area contributed by atoms with Crippen molar-refractivity contribution >= 4 is 35.1 Å². The van der Waals surface area contributed by atoms with Crippen LogP contribution in [-0.4, -0.2) is 42.4 Å². The number of anilines is 1. The third kappa shape index (κ3) is 3.63. The van der Waals surface area contributed by atoms with Crippen molar-refractivity contribution in [1.82, 2.24) is 4.90 Å². The second-order valence-electron chi connectivity index (χ2n) is 10.0. The van der Waals surface area contributed by atoms with E-state index in [1.807, 2.05) is 4.90 Å². The highest BCUT2D eigenvalue weighted by molar-refractivity contribution is 6.34. The SMILES string of the molecule is COC(=O)c1ccc(Cl)c(NC(=O)C2CCCN2C(=O)C23CC4CC(CC(C4)C2)C3)c1. The molecule has 166 valence electrons. The van der Waals surface area contributed by atoms with Crippen molar-refractivity contribution in [3.8, 4) is 0 Å². The molecule has 4 saturated carbocycles. The summed E-state index contributed by atoms with van der Waals surface area (Å²) < 4.78 is 4.75. The van der Waals surface area contributed by atoms with Gasteiger partial charge in [-0.25, -0.2) is 4.79 Å². The lowest BCUT2D eigenvalue weighted by Crippen LogP contribution is -2.56. The van der Waals surface area contributed by atoms with Crippen LogP contribution in [0.1, 0.15) is 61.7 Å². The van der Waals surface area contributed by atoms with Gasteiger partial charge in [0.25, 0.3) is 0 Å². The van der Waals surface area contributed by atoms with Gasteiger partial charge in [0.15, 0.2) is 0 Å². The second kappa shape index (κ2) is 7.80. The summed E-state index contributed by atoms with van der Waals surface area (Å²) in [5, 5.41) is 3.20. The number of hydrogen-bond acceptors (Lipinski definition) is 4. The molecule has 1 saturated heterocycles. The van der Waals surface area contributed by atoms with E-state index in [9.17, 15) is 14.4 Å². The Hall–Kier alpha value is -2.08. The van der Waals surface area contributed by atoms with E-state index in [0.29, 0.717) is 47.0 Å². The molecular weight excluding hydrogens is 416 g/mol. The van der Waals surface area contributed by atoms with Gasteiger partial charge in [0.2, 0.25) is 11.8 Å². The van der Waals surface area contributed by atoms with Gasteiger partial charge in [-0.05, 0) is 87.3 Å². The number of rotatable bonds is 4. The number of carbonyl (C=O) groups excluding carboxylic acids is 3. The number of nitrogens with zero attached hydrogens (tertiary/aromatic N) is 1. The fourth-order valence-corrected chi connectivity index (χ4v) is 7.21. The molecule has 1 heterocycles. The average Bonchev–Trinajstić information content (AvgIpc) is 3.23. The van der Waals surface area contributed by atoms with Gasteiger partial charge in [0.05, 0.1) is 28.8 Å². The zero-order chi connectivity index (χ0) is 21.8. The number of ether oxygens (including phenoxy) is 1. The van der Waals surface area contributed by atoms with E-state index in [-0.39, 0.29) is 17.2 Å². The largest absolute Gasteiger partial charge is 0.465 e. The predicted octanol–water partition coefficient (Wildman–Crippen LogP) is 4.27. The highest BCUT2D eigenvalue weighted by atomic mass is 35.5. The minimum atomic E-state index is -0.494. The van der Waals surface area contributed by atoms with Gasteiger partial charge in [0, 0.05) is 6.54 Å². The normalized spacial score (nSPS) is 33.4. The molecule has 1 unspecified atom stereocenters. The van der Waals surface area contributed by atoms with Crippen LogP contribution in [-0.2, 0) is 14.3 Å². The van der Waals surface area contributed by atoms with Crippen LogP contribution in [0.25, 0.3) is 0 Å². The molecule has 4 bridgehead atoms. The van der Waals surface area contributed by atoms with E-state index in [4.69, 9.17) is 16.3 Å². The van der Waals surface area contributed by atoms with Gasteiger partial charge >= 0.3 is 5.97 Å². The molecule has 1 aromatic rings. The fourth-order valence-electron chi connectivity index (χ4n) is 7.04. The molecule has 0 radical (unpaired) electrons. The summed E-state index contributed by atoms with van der Waals surface area (Å²) in [6, 6.07) is 4.16. The topological polar surface area (TPSA) is 75.7 Å². The summed E-state index contributed by atoms with van der Waals surface area (Å²) in [6.07, 6.45) is 8.31. The molecule has 7 heteroatoms. The van der Waals surface area contributed by atoms with Crippen molar-refractivity contribution in [2.24, 2.45) is 23.2 Å². The van der Waals surface area contributed by atoms with Crippen LogP contribution in [0.15, 0.2) is 18.2 Å². The van der Waals surface area contributed by atoms with Gasteiger partial charge in [-0.3, -0.25) is 9.59 Å². The second-order valence-corrected chi connectivity index (χ2v) is 10.4. The van der Waals surface area contributed by atoms with Crippen LogP contribution in [0.2, 0.25) is 5.02 Å². The highest BCUT2D eigenvalue weighted by Gasteiger charge is 2.56. The summed E-state index contributed by atoms with van der Waals surface area (Å²) in [6.45, 7) is 0.634. The Balaban J connectivity index is 1.33.